The first-order chi connectivity index (χ1) is 6.77. The number of carbonyl (C=O) groups excluding carboxylic acids is 1. The Morgan fingerprint density at radius 2 is 2.36 bits per heavy atom. The van der Waals surface area contributed by atoms with Crippen LogP contribution in [0.25, 0.3) is 5.65 Å². The lowest BCUT2D eigenvalue weighted by Gasteiger charge is -1.98. The zero-order valence-electron chi connectivity index (χ0n) is 7.40. The fraction of sp³-hybridized carbons (Fsp3) is 0.111. The highest BCUT2D eigenvalue weighted by molar-refractivity contribution is 9.10. The molecule has 72 valence electrons. The third kappa shape index (κ3) is 1.21. The Bertz CT molecular complexity index is 493. The van der Waals surface area contributed by atoms with E-state index in [1.165, 1.54) is 7.11 Å². The van der Waals surface area contributed by atoms with Crippen LogP contribution < -0.4 is 4.74 Å². The Hall–Kier alpha value is -1.36. The van der Waals surface area contributed by atoms with Crippen molar-refractivity contribution >= 4 is 27.9 Å². The Morgan fingerprint density at radius 1 is 1.57 bits per heavy atom. The Labute approximate surface area is 88.6 Å². The summed E-state index contributed by atoms with van der Waals surface area (Å²) < 4.78 is 7.45. The van der Waals surface area contributed by atoms with Crippen molar-refractivity contribution in [3.05, 3.63) is 28.5 Å². The Balaban J connectivity index is 2.88. The summed E-state index contributed by atoms with van der Waals surface area (Å²) in [5.74, 6) is 0.340. The second kappa shape index (κ2) is 3.42. The van der Waals surface area contributed by atoms with Gasteiger partial charge in [-0.15, -0.1) is 0 Å². The van der Waals surface area contributed by atoms with Gasteiger partial charge in [-0.05, 0) is 28.1 Å². The number of nitrogens with zero attached hydrogens (tertiary/aromatic N) is 2. The van der Waals surface area contributed by atoms with Crippen molar-refractivity contribution in [2.24, 2.45) is 0 Å². The molecule has 0 radical (unpaired) electrons. The van der Waals surface area contributed by atoms with Gasteiger partial charge in [0.2, 0.25) is 5.88 Å². The van der Waals surface area contributed by atoms with Crippen molar-refractivity contribution in [1.29, 1.82) is 0 Å². The molecule has 14 heavy (non-hydrogen) atoms. The second-order valence-corrected chi connectivity index (χ2v) is 3.48. The molecule has 4 nitrogen and oxygen atoms in total. The van der Waals surface area contributed by atoms with E-state index in [0.717, 1.165) is 10.9 Å². The molecule has 0 spiro atoms. The first kappa shape index (κ1) is 9.21. The highest BCUT2D eigenvalue weighted by atomic mass is 79.9. The minimum absolute atomic E-state index is 0.340. The topological polar surface area (TPSA) is 43.6 Å². The molecule has 0 bridgehead atoms. The SMILES string of the molecule is COc1nc2cccc(Br)n2c1C=O. The minimum atomic E-state index is 0.340. The smallest absolute Gasteiger partial charge is 0.243 e. The van der Waals surface area contributed by atoms with Crippen molar-refractivity contribution in [3.8, 4) is 5.88 Å². The largest absolute Gasteiger partial charge is 0.479 e. The molecule has 0 aliphatic carbocycles. The summed E-state index contributed by atoms with van der Waals surface area (Å²) in [5, 5.41) is 0. The fourth-order valence-corrected chi connectivity index (χ4v) is 1.83. The van der Waals surface area contributed by atoms with Gasteiger partial charge in [-0.2, -0.15) is 4.98 Å². The highest BCUT2D eigenvalue weighted by Gasteiger charge is 2.12. The number of fused-ring (bicyclic) bond motifs is 1. The third-order valence-electron chi connectivity index (χ3n) is 1.90. The number of carbonyl (C=O) groups is 1. The van der Waals surface area contributed by atoms with Crippen LogP contribution in [0, 0.1) is 0 Å². The van der Waals surface area contributed by atoms with E-state index >= 15 is 0 Å². The number of halogens is 1. The monoisotopic (exact) mass is 254 g/mol. The van der Waals surface area contributed by atoms with Gasteiger partial charge in [0, 0.05) is 0 Å². The third-order valence-corrected chi connectivity index (χ3v) is 2.52. The van der Waals surface area contributed by atoms with Crippen LogP contribution in [0.3, 0.4) is 0 Å². The number of aromatic nitrogens is 2. The van der Waals surface area contributed by atoms with Gasteiger partial charge in [0.25, 0.3) is 0 Å². The molecule has 0 saturated heterocycles. The van der Waals surface area contributed by atoms with E-state index in [1.807, 2.05) is 12.1 Å². The summed E-state index contributed by atoms with van der Waals surface area (Å²) in [6, 6.07) is 5.49. The molecule has 0 saturated carbocycles. The molecule has 2 rings (SSSR count). The fourth-order valence-electron chi connectivity index (χ4n) is 1.31. The zero-order chi connectivity index (χ0) is 10.1. The number of imidazole rings is 1. The standard InChI is InChI=1S/C9H7BrN2O2/c1-14-9-6(5-13)12-7(10)3-2-4-8(12)11-9/h2-5H,1H3. The Morgan fingerprint density at radius 3 is 3.00 bits per heavy atom. The highest BCUT2D eigenvalue weighted by Crippen LogP contribution is 2.22. The number of rotatable bonds is 2. The molecule has 0 aromatic carbocycles. The molecule has 0 fully saturated rings. The van der Waals surface area contributed by atoms with Crippen LogP contribution >= 0.6 is 15.9 Å². The minimum Gasteiger partial charge on any atom is -0.479 e. The van der Waals surface area contributed by atoms with E-state index < -0.39 is 0 Å². The van der Waals surface area contributed by atoms with Gasteiger partial charge >= 0.3 is 0 Å². The molecule has 0 aliphatic heterocycles. The first-order valence-corrected chi connectivity index (χ1v) is 4.73. The number of ether oxygens (including phenoxy) is 1. The van der Waals surface area contributed by atoms with Crippen LogP contribution in [-0.4, -0.2) is 22.8 Å². The van der Waals surface area contributed by atoms with Gasteiger partial charge in [-0.25, -0.2) is 0 Å². The van der Waals surface area contributed by atoms with Gasteiger partial charge in [0.15, 0.2) is 12.0 Å². The van der Waals surface area contributed by atoms with Crippen LogP contribution in [0.15, 0.2) is 22.8 Å². The van der Waals surface area contributed by atoms with Crippen molar-refractivity contribution in [2.75, 3.05) is 7.11 Å². The molecular formula is C9H7BrN2O2. The van der Waals surface area contributed by atoms with Crippen molar-refractivity contribution in [1.82, 2.24) is 9.38 Å². The second-order valence-electron chi connectivity index (χ2n) is 2.67. The summed E-state index contributed by atoms with van der Waals surface area (Å²) >= 11 is 3.34. The van der Waals surface area contributed by atoms with Gasteiger partial charge in [-0.3, -0.25) is 9.20 Å². The summed E-state index contributed by atoms with van der Waals surface area (Å²) in [4.78, 5) is 15.0. The summed E-state index contributed by atoms with van der Waals surface area (Å²) in [5.41, 5.74) is 1.09. The number of hydrogen-bond acceptors (Lipinski definition) is 3. The van der Waals surface area contributed by atoms with Gasteiger partial charge in [0.05, 0.1) is 11.7 Å². The molecule has 5 heteroatoms. The van der Waals surface area contributed by atoms with Crippen LogP contribution in [0.1, 0.15) is 10.5 Å². The number of hydrogen-bond donors (Lipinski definition) is 0. The molecule has 0 N–H and O–H groups in total. The van der Waals surface area contributed by atoms with E-state index in [-0.39, 0.29) is 0 Å². The maximum Gasteiger partial charge on any atom is 0.243 e. The van der Waals surface area contributed by atoms with Crippen LogP contribution in [-0.2, 0) is 0 Å². The summed E-state index contributed by atoms with van der Waals surface area (Å²) in [7, 11) is 1.49. The average Bonchev–Trinajstić information content (AvgIpc) is 2.56. The molecule has 0 unspecified atom stereocenters. The van der Waals surface area contributed by atoms with Gasteiger partial charge < -0.3 is 4.74 Å². The molecule has 2 aromatic heterocycles. The summed E-state index contributed by atoms with van der Waals surface area (Å²) in [6.45, 7) is 0. The van der Waals surface area contributed by atoms with Crippen LogP contribution in [0.2, 0.25) is 0 Å². The van der Waals surface area contributed by atoms with Crippen LogP contribution in [0.5, 0.6) is 5.88 Å². The number of aldehydes is 1. The van der Waals surface area contributed by atoms with E-state index in [0.29, 0.717) is 17.2 Å². The number of pyridine rings is 1. The van der Waals surface area contributed by atoms with Crippen LogP contribution in [0.4, 0.5) is 0 Å². The van der Waals surface area contributed by atoms with E-state index in [9.17, 15) is 4.79 Å². The molecule has 0 atom stereocenters. The van der Waals surface area contributed by atoms with E-state index in [2.05, 4.69) is 20.9 Å². The zero-order valence-corrected chi connectivity index (χ0v) is 8.98. The van der Waals surface area contributed by atoms with E-state index in [1.54, 1.807) is 10.5 Å². The Kier molecular flexibility index (Phi) is 2.25. The lowest BCUT2D eigenvalue weighted by Crippen LogP contribution is -1.94. The molecule has 2 aromatic rings. The molecule has 0 amide bonds. The average molecular weight is 255 g/mol. The lowest BCUT2D eigenvalue weighted by atomic mass is 10.4. The normalized spacial score (nSPS) is 10.4. The maximum atomic E-state index is 10.9. The van der Waals surface area contributed by atoms with Crippen molar-refractivity contribution < 1.29 is 9.53 Å². The van der Waals surface area contributed by atoms with Crippen molar-refractivity contribution in [2.45, 2.75) is 0 Å². The van der Waals surface area contributed by atoms with E-state index in [4.69, 9.17) is 4.74 Å². The molecular weight excluding hydrogens is 248 g/mol. The van der Waals surface area contributed by atoms with Crippen molar-refractivity contribution in [3.63, 3.8) is 0 Å². The van der Waals surface area contributed by atoms with Gasteiger partial charge in [0.1, 0.15) is 5.65 Å². The maximum absolute atomic E-state index is 10.9. The first-order valence-electron chi connectivity index (χ1n) is 3.94. The quantitative estimate of drug-likeness (QED) is 0.608. The van der Waals surface area contributed by atoms with Gasteiger partial charge in [-0.1, -0.05) is 6.07 Å². The predicted octanol–water partition coefficient (Wildman–Crippen LogP) is 1.92. The predicted molar refractivity (Wildman–Crippen MR) is 54.8 cm³/mol. The molecule has 2 heterocycles. The summed E-state index contributed by atoms with van der Waals surface area (Å²) in [6.07, 6.45) is 0.726. The lowest BCUT2D eigenvalue weighted by molar-refractivity contribution is 0.111. The number of methoxy groups -OCH3 is 1. The molecule has 0 aliphatic rings.